The Morgan fingerprint density at radius 3 is 2.74 bits per heavy atom. The topological polar surface area (TPSA) is 41.1 Å². The first kappa shape index (κ1) is 16.0. The van der Waals surface area contributed by atoms with Crippen LogP contribution in [0.15, 0.2) is 18.2 Å². The van der Waals surface area contributed by atoms with Crippen LogP contribution in [0.3, 0.4) is 0 Å². The molecule has 0 spiro atoms. The predicted octanol–water partition coefficient (Wildman–Crippen LogP) is 3.20. The molecule has 0 aromatic heterocycles. The summed E-state index contributed by atoms with van der Waals surface area (Å²) in [5, 5.41) is 6.45. The second-order valence-electron chi connectivity index (χ2n) is 5.17. The molecule has 4 heteroatoms. The number of anilines is 1. The molecule has 1 unspecified atom stereocenters. The van der Waals surface area contributed by atoms with Crippen LogP contribution in [0.4, 0.5) is 5.69 Å². The Labute approximate surface area is 121 Å². The van der Waals surface area contributed by atoms with E-state index in [0.29, 0.717) is 0 Å². The van der Waals surface area contributed by atoms with Crippen molar-refractivity contribution in [3.05, 3.63) is 29.3 Å². The van der Waals surface area contributed by atoms with Crippen molar-refractivity contribution < 1.29 is 4.79 Å². The van der Waals surface area contributed by atoms with Gasteiger partial charge in [0.05, 0.1) is 5.54 Å². The molecule has 0 radical (unpaired) electrons. The molecule has 2 rings (SSSR count). The number of carbonyl (C=O) groups excluding carboxylic acids is 1. The lowest BCUT2D eigenvalue weighted by atomic mass is 9.93. The molecule has 1 amide bonds. The van der Waals surface area contributed by atoms with Crippen LogP contribution in [0.2, 0.25) is 0 Å². The molecule has 0 bridgehead atoms. The summed E-state index contributed by atoms with van der Waals surface area (Å²) in [6, 6.07) is 6.02. The van der Waals surface area contributed by atoms with Crippen molar-refractivity contribution in [1.82, 2.24) is 5.32 Å². The smallest absolute Gasteiger partial charge is 0.244 e. The van der Waals surface area contributed by atoms with Gasteiger partial charge in [0.2, 0.25) is 5.91 Å². The van der Waals surface area contributed by atoms with E-state index in [9.17, 15) is 4.79 Å². The lowest BCUT2D eigenvalue weighted by Gasteiger charge is -2.27. The molecule has 1 aromatic rings. The highest BCUT2D eigenvalue weighted by molar-refractivity contribution is 5.99. The summed E-state index contributed by atoms with van der Waals surface area (Å²) in [4.78, 5) is 12.5. The van der Waals surface area contributed by atoms with Crippen molar-refractivity contribution in [1.29, 1.82) is 0 Å². The maximum Gasteiger partial charge on any atom is 0.244 e. The lowest BCUT2D eigenvalue weighted by Crippen LogP contribution is -2.50. The highest BCUT2D eigenvalue weighted by Gasteiger charge is 2.39. The number of hydrogen-bond donors (Lipinski definition) is 2. The fourth-order valence-electron chi connectivity index (χ4n) is 2.59. The number of nitrogens with one attached hydrogen (secondary N) is 2. The van der Waals surface area contributed by atoms with Gasteiger partial charge in [0.25, 0.3) is 0 Å². The summed E-state index contributed by atoms with van der Waals surface area (Å²) in [6.07, 6.45) is 2.85. The summed E-state index contributed by atoms with van der Waals surface area (Å²) < 4.78 is 0. The molecule has 106 valence electrons. The number of rotatable bonds is 3. The van der Waals surface area contributed by atoms with Crippen molar-refractivity contribution in [2.24, 2.45) is 0 Å². The van der Waals surface area contributed by atoms with E-state index in [-0.39, 0.29) is 23.9 Å². The van der Waals surface area contributed by atoms with E-state index >= 15 is 0 Å². The van der Waals surface area contributed by atoms with Gasteiger partial charge < -0.3 is 10.6 Å². The number of aryl methyl sites for hydroxylation is 1. The molecule has 1 heterocycles. The van der Waals surface area contributed by atoms with Gasteiger partial charge in [0.15, 0.2) is 0 Å². The van der Waals surface area contributed by atoms with Crippen LogP contribution >= 0.6 is 12.4 Å². The Morgan fingerprint density at radius 2 is 2.16 bits per heavy atom. The molecule has 19 heavy (non-hydrogen) atoms. The molecule has 1 saturated heterocycles. The molecule has 1 aliphatic rings. The van der Waals surface area contributed by atoms with E-state index in [1.807, 2.05) is 19.1 Å². The zero-order chi connectivity index (χ0) is 13.2. The minimum Gasteiger partial charge on any atom is -0.324 e. The van der Waals surface area contributed by atoms with Crippen molar-refractivity contribution in [2.45, 2.75) is 45.6 Å². The van der Waals surface area contributed by atoms with Gasteiger partial charge in [-0.1, -0.05) is 19.1 Å². The quantitative estimate of drug-likeness (QED) is 0.894. The molecule has 0 aliphatic carbocycles. The van der Waals surface area contributed by atoms with Gasteiger partial charge in [-0.2, -0.15) is 0 Å². The average Bonchev–Trinajstić information content (AvgIpc) is 2.85. The number of carbonyl (C=O) groups is 1. The van der Waals surface area contributed by atoms with Crippen LogP contribution < -0.4 is 10.6 Å². The number of benzene rings is 1. The van der Waals surface area contributed by atoms with Crippen molar-refractivity contribution in [3.8, 4) is 0 Å². The summed E-state index contributed by atoms with van der Waals surface area (Å²) in [6.45, 7) is 7.12. The molecule has 3 nitrogen and oxygen atoms in total. The first-order chi connectivity index (χ1) is 8.59. The van der Waals surface area contributed by atoms with Crippen LogP contribution in [0.5, 0.6) is 0 Å². The summed E-state index contributed by atoms with van der Waals surface area (Å²) >= 11 is 0. The largest absolute Gasteiger partial charge is 0.324 e. The first-order valence-electron chi connectivity index (χ1n) is 6.72. The normalized spacial score (nSPS) is 21.8. The highest BCUT2D eigenvalue weighted by atomic mass is 35.5. The van der Waals surface area contributed by atoms with Gasteiger partial charge in [-0.3, -0.25) is 4.79 Å². The van der Waals surface area contributed by atoms with Crippen molar-refractivity contribution in [3.63, 3.8) is 0 Å². The number of amides is 1. The monoisotopic (exact) mass is 282 g/mol. The van der Waals surface area contributed by atoms with E-state index in [1.54, 1.807) is 0 Å². The highest BCUT2D eigenvalue weighted by Crippen LogP contribution is 2.26. The second kappa shape index (κ2) is 6.40. The third kappa shape index (κ3) is 3.10. The van der Waals surface area contributed by atoms with Gasteiger partial charge >= 0.3 is 0 Å². The van der Waals surface area contributed by atoms with E-state index in [2.05, 4.69) is 30.5 Å². The van der Waals surface area contributed by atoms with E-state index < -0.39 is 0 Å². The fourth-order valence-corrected chi connectivity index (χ4v) is 2.59. The zero-order valence-corrected chi connectivity index (χ0v) is 12.7. The fraction of sp³-hybridized carbons (Fsp3) is 0.533. The van der Waals surface area contributed by atoms with Crippen LogP contribution in [0, 0.1) is 13.8 Å². The molecule has 1 atom stereocenters. The number of halogens is 1. The SMILES string of the molecule is CCC1(C(=O)Nc2cccc(C)c2C)CCCN1.Cl. The van der Waals surface area contributed by atoms with Crippen molar-refractivity contribution in [2.75, 3.05) is 11.9 Å². The lowest BCUT2D eigenvalue weighted by molar-refractivity contribution is -0.122. The number of hydrogen-bond acceptors (Lipinski definition) is 2. The average molecular weight is 283 g/mol. The minimum atomic E-state index is -0.365. The van der Waals surface area contributed by atoms with Gasteiger partial charge in [0.1, 0.15) is 0 Å². The second-order valence-corrected chi connectivity index (χ2v) is 5.17. The zero-order valence-electron chi connectivity index (χ0n) is 11.9. The summed E-state index contributed by atoms with van der Waals surface area (Å²) in [7, 11) is 0. The molecule has 0 saturated carbocycles. The maximum absolute atomic E-state index is 12.5. The standard InChI is InChI=1S/C15H22N2O.ClH/c1-4-15(9-6-10-16-15)14(18)17-13-8-5-7-11(2)12(13)3;/h5,7-8,16H,4,6,9-10H2,1-3H3,(H,17,18);1H. The summed E-state index contributed by atoms with van der Waals surface area (Å²) in [5.41, 5.74) is 2.92. The van der Waals surface area contributed by atoms with Gasteiger partial charge in [-0.25, -0.2) is 0 Å². The molecular weight excluding hydrogens is 260 g/mol. The Bertz CT molecular complexity index is 453. The molecule has 1 fully saturated rings. The Hall–Kier alpha value is -1.06. The Morgan fingerprint density at radius 1 is 1.42 bits per heavy atom. The predicted molar refractivity (Wildman–Crippen MR) is 82.1 cm³/mol. The van der Waals surface area contributed by atoms with Crippen molar-refractivity contribution >= 4 is 24.0 Å². The van der Waals surface area contributed by atoms with Gasteiger partial charge in [-0.05, 0) is 56.8 Å². The molecule has 1 aliphatic heterocycles. The van der Waals surface area contributed by atoms with E-state index in [1.165, 1.54) is 5.56 Å². The van der Waals surface area contributed by atoms with Crippen LogP contribution in [0.25, 0.3) is 0 Å². The minimum absolute atomic E-state index is 0. The molecule has 1 aromatic carbocycles. The van der Waals surface area contributed by atoms with Crippen LogP contribution in [-0.4, -0.2) is 18.0 Å². The summed E-state index contributed by atoms with van der Waals surface area (Å²) in [5.74, 6) is 0.108. The molecular formula is C15H23ClN2O. The Kier molecular flexibility index (Phi) is 5.39. The van der Waals surface area contributed by atoms with Crippen LogP contribution in [0.1, 0.15) is 37.3 Å². The first-order valence-corrected chi connectivity index (χ1v) is 6.72. The van der Waals surface area contributed by atoms with Crippen LogP contribution in [-0.2, 0) is 4.79 Å². The van der Waals surface area contributed by atoms with E-state index in [4.69, 9.17) is 0 Å². The van der Waals surface area contributed by atoms with Gasteiger partial charge in [0, 0.05) is 5.69 Å². The molecule has 2 N–H and O–H groups in total. The third-order valence-electron chi connectivity index (χ3n) is 4.13. The van der Waals surface area contributed by atoms with Gasteiger partial charge in [-0.15, -0.1) is 12.4 Å². The Balaban J connectivity index is 0.00000180. The van der Waals surface area contributed by atoms with E-state index in [0.717, 1.165) is 37.1 Å². The third-order valence-corrected chi connectivity index (χ3v) is 4.13. The maximum atomic E-state index is 12.5.